The number of likely N-dealkylation sites (tertiary alicyclic amines) is 1. The van der Waals surface area contributed by atoms with Crippen molar-refractivity contribution in [1.29, 1.82) is 5.26 Å². The zero-order valence-electron chi connectivity index (χ0n) is 39.4. The van der Waals surface area contributed by atoms with E-state index in [1.54, 1.807) is 47.7 Å². The fourth-order valence-electron chi connectivity index (χ4n) is 8.35. The molecule has 6 rings (SSSR count). The number of hydrogen-bond donors (Lipinski definition) is 3. The van der Waals surface area contributed by atoms with E-state index in [0.29, 0.717) is 44.8 Å². The van der Waals surface area contributed by atoms with Crippen molar-refractivity contribution in [3.8, 4) is 16.5 Å². The molecule has 1 aromatic heterocycles. The maximum absolute atomic E-state index is 13.9. The van der Waals surface area contributed by atoms with E-state index in [1.807, 2.05) is 64.1 Å². The number of aromatic nitrogens is 1. The second-order valence-corrected chi connectivity index (χ2v) is 19.8. The largest absolute Gasteiger partial charge is 0.494 e. The summed E-state index contributed by atoms with van der Waals surface area (Å²) in [5.41, 5.74) is 1.00. The van der Waals surface area contributed by atoms with Gasteiger partial charge >= 0.3 is 6.18 Å². The summed E-state index contributed by atoms with van der Waals surface area (Å²) in [5, 5.41) is 25.5. The average molecular weight is 994 g/mol. The van der Waals surface area contributed by atoms with E-state index in [1.165, 1.54) is 11.0 Å². The quantitative estimate of drug-likeness (QED) is 0.0868. The van der Waals surface area contributed by atoms with Gasteiger partial charge in [-0.1, -0.05) is 51.1 Å². The van der Waals surface area contributed by atoms with Crippen molar-refractivity contribution < 1.29 is 51.7 Å². The Hall–Kier alpha value is -5.72. The SMILES string of the molecule is Cc1ncsc1-c1ccc(CNC(=O)[C@@H]2C[C@@H](O)CN2C(=O)[C@@H](NC(=O)COCCCOCCCOC2=CCC(N3C(=S)N(c4ccc(C#N)c(C(F)(F)F)c4)C(=O)C3(C)C)C=C2)C(C)(C)C)cc1. The number of nitrogens with one attached hydrogen (secondary N) is 2. The number of ether oxygens (including phenoxy) is 3. The average Bonchev–Trinajstić information content (AvgIpc) is 3.97. The van der Waals surface area contributed by atoms with Crippen molar-refractivity contribution >= 4 is 58.0 Å². The third-order valence-electron chi connectivity index (χ3n) is 12.0. The predicted octanol–water partition coefficient (Wildman–Crippen LogP) is 6.57. The van der Waals surface area contributed by atoms with Crippen LogP contribution in [0.2, 0.25) is 0 Å². The van der Waals surface area contributed by atoms with Crippen LogP contribution < -0.4 is 15.5 Å². The fourth-order valence-corrected chi connectivity index (χ4v) is 9.71. The summed E-state index contributed by atoms with van der Waals surface area (Å²) in [6, 6.07) is 10.2. The number of hydrogen-bond acceptors (Lipinski definition) is 12. The normalized spacial score (nSPS) is 19.6. The van der Waals surface area contributed by atoms with Gasteiger partial charge in [0.2, 0.25) is 17.7 Å². The molecule has 4 amide bonds. The zero-order chi connectivity index (χ0) is 50.3. The number of aliphatic hydroxyl groups excluding tert-OH is 1. The molecular formula is C49H58F3N7O8S2. The third kappa shape index (κ3) is 12.7. The van der Waals surface area contributed by atoms with E-state index in [0.717, 1.165) is 38.7 Å². The second-order valence-electron chi connectivity index (χ2n) is 18.6. The number of β-amino-alcohol motifs (C(OH)–C–C–N with tert-alkyl or cyclic N) is 1. The number of nitriles is 1. The number of allylic oxidation sites excluding steroid dienone is 1. The molecule has 4 atom stereocenters. The predicted molar refractivity (Wildman–Crippen MR) is 256 cm³/mol. The van der Waals surface area contributed by atoms with Crippen LogP contribution in [-0.4, -0.2) is 118 Å². The number of rotatable bonds is 19. The van der Waals surface area contributed by atoms with Crippen LogP contribution in [0.5, 0.6) is 0 Å². The van der Waals surface area contributed by atoms with Crippen LogP contribution in [0.1, 0.15) is 82.7 Å². The van der Waals surface area contributed by atoms with E-state index < -0.39 is 70.1 Å². The van der Waals surface area contributed by atoms with E-state index >= 15 is 0 Å². The van der Waals surface area contributed by atoms with Crippen LogP contribution in [0.15, 0.2) is 72.0 Å². The smallest absolute Gasteiger partial charge is 0.417 e. The van der Waals surface area contributed by atoms with Gasteiger partial charge < -0.3 is 39.8 Å². The van der Waals surface area contributed by atoms with E-state index in [-0.39, 0.29) is 49.6 Å². The summed E-state index contributed by atoms with van der Waals surface area (Å²) in [6.07, 6.45) is 1.35. The number of benzene rings is 2. The molecule has 2 saturated heterocycles. The summed E-state index contributed by atoms with van der Waals surface area (Å²) < 4.78 is 58.3. The van der Waals surface area contributed by atoms with Gasteiger partial charge in [0, 0.05) is 45.8 Å². The summed E-state index contributed by atoms with van der Waals surface area (Å²) >= 11 is 7.21. The van der Waals surface area contributed by atoms with Crippen molar-refractivity contribution in [1.82, 2.24) is 25.4 Å². The van der Waals surface area contributed by atoms with Gasteiger partial charge in [-0.2, -0.15) is 18.4 Å². The molecule has 2 aromatic carbocycles. The Kier molecular flexibility index (Phi) is 17.1. The maximum atomic E-state index is 13.9. The number of nitrogens with zero attached hydrogens (tertiary/aromatic N) is 5. The van der Waals surface area contributed by atoms with E-state index in [4.69, 9.17) is 26.4 Å². The molecule has 0 bridgehead atoms. The Morgan fingerprint density at radius 2 is 1.75 bits per heavy atom. The standard InChI is InChI=1S/C49H58F3N7O8S2/c1-30-41(69-29-55-30)32-11-9-31(10-12-32)26-54-43(62)39-24-36(60)27-57(39)44(63)42(47(2,3)4)56-40(61)28-66-21-7-19-65-20-8-22-67-37-17-15-34(16-18-37)59-46(68)58(45(64)48(59,5)6)35-14-13-33(25-53)38(23-35)49(50,51)52/h9-15,17-18,23,29,34,36,39,42,60H,7-8,16,19-22,24,26-28H2,1-6H3,(H,54,62)(H,56,61)/t34?,36-,39+,42-/m1/s1. The van der Waals surface area contributed by atoms with Gasteiger partial charge in [0.15, 0.2) is 5.11 Å². The highest BCUT2D eigenvalue weighted by atomic mass is 32.1. The second kappa shape index (κ2) is 22.4. The Morgan fingerprint density at radius 1 is 1.06 bits per heavy atom. The van der Waals surface area contributed by atoms with Gasteiger partial charge in [0.25, 0.3) is 5.91 Å². The van der Waals surface area contributed by atoms with Crippen molar-refractivity contribution in [2.24, 2.45) is 5.41 Å². The molecule has 370 valence electrons. The summed E-state index contributed by atoms with van der Waals surface area (Å²) in [5.74, 6) is -1.23. The summed E-state index contributed by atoms with van der Waals surface area (Å²) in [7, 11) is 0. The number of thiazole rings is 1. The molecule has 3 aliphatic rings. The van der Waals surface area contributed by atoms with Crippen LogP contribution in [-0.2, 0) is 46.1 Å². The van der Waals surface area contributed by atoms with Crippen LogP contribution in [0.4, 0.5) is 18.9 Å². The number of aliphatic hydroxyl groups is 1. The lowest BCUT2D eigenvalue weighted by molar-refractivity contribution is -0.144. The molecule has 15 nitrogen and oxygen atoms in total. The molecule has 69 heavy (non-hydrogen) atoms. The highest BCUT2D eigenvalue weighted by molar-refractivity contribution is 7.80. The topological polar surface area (TPSA) is 187 Å². The number of alkyl halides is 3. The van der Waals surface area contributed by atoms with Crippen molar-refractivity contribution in [3.63, 3.8) is 0 Å². The molecule has 0 saturated carbocycles. The lowest BCUT2D eigenvalue weighted by Gasteiger charge is -2.36. The summed E-state index contributed by atoms with van der Waals surface area (Å²) in [6.45, 7) is 12.0. The highest BCUT2D eigenvalue weighted by Crippen LogP contribution is 2.40. The highest BCUT2D eigenvalue weighted by Gasteiger charge is 2.52. The number of halogens is 3. The Bertz CT molecular complexity index is 2480. The minimum atomic E-state index is -4.80. The van der Waals surface area contributed by atoms with E-state index in [2.05, 4.69) is 15.6 Å². The molecule has 3 aromatic rings. The van der Waals surface area contributed by atoms with Crippen LogP contribution >= 0.6 is 23.6 Å². The Labute approximate surface area is 409 Å². The van der Waals surface area contributed by atoms with E-state index in [9.17, 15) is 42.7 Å². The molecule has 1 unspecified atom stereocenters. The van der Waals surface area contributed by atoms with Crippen LogP contribution in [0.25, 0.3) is 10.4 Å². The van der Waals surface area contributed by atoms with Crippen LogP contribution in [0, 0.1) is 23.7 Å². The summed E-state index contributed by atoms with van der Waals surface area (Å²) in [4.78, 5) is 63.4. The maximum Gasteiger partial charge on any atom is 0.417 e. The minimum Gasteiger partial charge on any atom is -0.494 e. The number of carbonyl (C=O) groups is 4. The number of aryl methyl sites for hydroxylation is 1. The third-order valence-corrected chi connectivity index (χ3v) is 13.4. The molecule has 20 heteroatoms. The lowest BCUT2D eigenvalue weighted by atomic mass is 9.85. The number of carbonyl (C=O) groups excluding carboxylic acids is 4. The monoisotopic (exact) mass is 993 g/mol. The number of anilines is 1. The minimum absolute atomic E-state index is 0.0379. The fraction of sp³-hybridized carbons (Fsp3) is 0.490. The molecule has 3 N–H and O–H groups in total. The molecule has 1 aliphatic carbocycles. The molecule has 3 heterocycles. The number of amides is 4. The van der Waals surface area contributed by atoms with Crippen molar-refractivity contribution in [2.75, 3.05) is 44.5 Å². The van der Waals surface area contributed by atoms with Gasteiger partial charge in [0.05, 0.1) is 57.7 Å². The first kappa shape index (κ1) is 52.6. The lowest BCUT2D eigenvalue weighted by Crippen LogP contribution is -2.58. The molecular weight excluding hydrogens is 936 g/mol. The molecule has 0 spiro atoms. The first-order chi connectivity index (χ1) is 32.6. The van der Waals surface area contributed by atoms with Gasteiger partial charge in [-0.05, 0) is 92.7 Å². The van der Waals surface area contributed by atoms with Gasteiger partial charge in [0.1, 0.15) is 30.0 Å². The van der Waals surface area contributed by atoms with Crippen molar-refractivity contribution in [3.05, 3.63) is 94.3 Å². The number of thiocarbonyl (C=S) groups is 1. The molecule has 2 fully saturated rings. The molecule has 0 radical (unpaired) electrons. The van der Waals surface area contributed by atoms with Gasteiger partial charge in [-0.3, -0.25) is 24.1 Å². The first-order valence-corrected chi connectivity index (χ1v) is 23.9. The zero-order valence-corrected chi connectivity index (χ0v) is 41.1. The van der Waals surface area contributed by atoms with Gasteiger partial charge in [-0.15, -0.1) is 11.3 Å². The Balaban J connectivity index is 0.869. The van der Waals surface area contributed by atoms with Crippen LogP contribution in [0.3, 0.4) is 0 Å². The van der Waals surface area contributed by atoms with Gasteiger partial charge in [-0.25, -0.2) is 4.98 Å². The first-order valence-electron chi connectivity index (χ1n) is 22.6. The Morgan fingerprint density at radius 3 is 2.38 bits per heavy atom. The van der Waals surface area contributed by atoms with Crippen molar-refractivity contribution in [2.45, 2.75) is 110 Å². The molecule has 2 aliphatic heterocycles.